The molecular weight excluding hydrogens is 210 g/mol. The van der Waals surface area contributed by atoms with Gasteiger partial charge in [-0.25, -0.2) is 0 Å². The average Bonchev–Trinajstić information content (AvgIpc) is 2.49. The molecule has 0 spiro atoms. The number of furan rings is 1. The van der Waals surface area contributed by atoms with Gasteiger partial charge in [0.1, 0.15) is 6.54 Å². The highest BCUT2D eigenvalue weighted by molar-refractivity contribution is 6.29. The predicted molar refractivity (Wildman–Crippen MR) is 48.3 cm³/mol. The van der Waals surface area contributed by atoms with Crippen LogP contribution in [0.15, 0.2) is 16.5 Å². The van der Waals surface area contributed by atoms with Gasteiger partial charge in [-0.15, -0.1) is 0 Å². The summed E-state index contributed by atoms with van der Waals surface area (Å²) in [5.74, 6) is -1.57. The summed E-state index contributed by atoms with van der Waals surface area (Å²) in [6.07, 6.45) is 0. The number of nitrogens with zero attached hydrogens (tertiary/aromatic N) is 1. The SMILES string of the molecule is CN(CC(=O)O)C(=O)c1ccc(Cl)o1. The lowest BCUT2D eigenvalue weighted by molar-refractivity contribution is -0.137. The Balaban J connectivity index is 2.70. The normalized spacial score (nSPS) is 9.86. The summed E-state index contributed by atoms with van der Waals surface area (Å²) in [6, 6.07) is 2.81. The molecule has 1 N–H and O–H groups in total. The molecule has 0 saturated heterocycles. The maximum absolute atomic E-state index is 11.4. The Kier molecular flexibility index (Phi) is 3.14. The highest BCUT2D eigenvalue weighted by Crippen LogP contribution is 2.14. The Morgan fingerprint density at radius 2 is 2.21 bits per heavy atom. The fraction of sp³-hybridized carbons (Fsp3) is 0.250. The zero-order valence-corrected chi connectivity index (χ0v) is 8.11. The van der Waals surface area contributed by atoms with E-state index in [1.165, 1.54) is 19.2 Å². The summed E-state index contributed by atoms with van der Waals surface area (Å²) in [4.78, 5) is 22.7. The van der Waals surface area contributed by atoms with Crippen LogP contribution in [0, 0.1) is 0 Å². The molecule has 0 atom stereocenters. The zero-order chi connectivity index (χ0) is 10.7. The third-order valence-electron chi connectivity index (χ3n) is 1.50. The molecule has 1 aromatic rings. The van der Waals surface area contributed by atoms with Crippen LogP contribution in [-0.4, -0.2) is 35.5 Å². The molecule has 5 nitrogen and oxygen atoms in total. The van der Waals surface area contributed by atoms with Crippen LogP contribution in [0.4, 0.5) is 0 Å². The third-order valence-corrected chi connectivity index (χ3v) is 1.71. The molecule has 0 bridgehead atoms. The van der Waals surface area contributed by atoms with Crippen LogP contribution >= 0.6 is 11.6 Å². The number of rotatable bonds is 3. The first kappa shape index (κ1) is 10.6. The molecule has 1 heterocycles. The Labute approximate surface area is 84.9 Å². The van der Waals surface area contributed by atoms with Crippen molar-refractivity contribution in [3.8, 4) is 0 Å². The van der Waals surface area contributed by atoms with E-state index < -0.39 is 11.9 Å². The lowest BCUT2D eigenvalue weighted by atomic mass is 10.4. The van der Waals surface area contributed by atoms with Gasteiger partial charge in [0.15, 0.2) is 11.0 Å². The quantitative estimate of drug-likeness (QED) is 0.823. The minimum absolute atomic E-state index is 0.0266. The van der Waals surface area contributed by atoms with Gasteiger partial charge in [0.2, 0.25) is 0 Å². The molecule has 0 aliphatic carbocycles. The Bertz CT molecular complexity index is 360. The van der Waals surface area contributed by atoms with E-state index in [1.54, 1.807) is 0 Å². The van der Waals surface area contributed by atoms with Crippen LogP contribution in [-0.2, 0) is 4.79 Å². The molecule has 1 aromatic heterocycles. The fourth-order valence-electron chi connectivity index (χ4n) is 0.892. The first-order valence-corrected chi connectivity index (χ1v) is 4.11. The van der Waals surface area contributed by atoms with Crippen LogP contribution in [0.25, 0.3) is 0 Å². The second-order valence-electron chi connectivity index (χ2n) is 2.66. The first-order valence-electron chi connectivity index (χ1n) is 3.73. The van der Waals surface area contributed by atoms with Crippen molar-refractivity contribution < 1.29 is 19.1 Å². The molecule has 0 radical (unpaired) electrons. The number of carboxylic acid groups (broad SMARTS) is 1. The maximum Gasteiger partial charge on any atom is 0.323 e. The smallest absolute Gasteiger partial charge is 0.323 e. The second kappa shape index (κ2) is 4.15. The molecule has 14 heavy (non-hydrogen) atoms. The lowest BCUT2D eigenvalue weighted by Gasteiger charge is -2.11. The van der Waals surface area contributed by atoms with Crippen molar-refractivity contribution >= 4 is 23.5 Å². The standard InChI is InChI=1S/C8H8ClNO4/c1-10(4-7(11)12)8(13)5-2-3-6(9)14-5/h2-3H,4H2,1H3,(H,11,12). The maximum atomic E-state index is 11.4. The summed E-state index contributed by atoms with van der Waals surface area (Å²) in [6.45, 7) is -0.378. The molecule has 0 aromatic carbocycles. The molecule has 1 rings (SSSR count). The van der Waals surface area contributed by atoms with Gasteiger partial charge in [0.05, 0.1) is 0 Å². The van der Waals surface area contributed by atoms with Crippen molar-refractivity contribution in [3.05, 3.63) is 23.1 Å². The van der Waals surface area contributed by atoms with Gasteiger partial charge in [0, 0.05) is 7.05 Å². The van der Waals surface area contributed by atoms with E-state index in [0.29, 0.717) is 0 Å². The van der Waals surface area contributed by atoms with Gasteiger partial charge in [0.25, 0.3) is 5.91 Å². The van der Waals surface area contributed by atoms with Crippen molar-refractivity contribution in [3.63, 3.8) is 0 Å². The highest BCUT2D eigenvalue weighted by atomic mass is 35.5. The topological polar surface area (TPSA) is 70.8 Å². The van der Waals surface area contributed by atoms with E-state index >= 15 is 0 Å². The van der Waals surface area contributed by atoms with E-state index in [-0.39, 0.29) is 17.5 Å². The lowest BCUT2D eigenvalue weighted by Crippen LogP contribution is -2.31. The van der Waals surface area contributed by atoms with Gasteiger partial charge in [-0.2, -0.15) is 0 Å². The fourth-order valence-corrected chi connectivity index (χ4v) is 1.04. The van der Waals surface area contributed by atoms with Crippen molar-refractivity contribution in [1.82, 2.24) is 4.90 Å². The summed E-state index contributed by atoms with van der Waals surface area (Å²) >= 11 is 5.46. The highest BCUT2D eigenvalue weighted by Gasteiger charge is 2.17. The number of carbonyl (C=O) groups is 2. The van der Waals surface area contributed by atoms with Gasteiger partial charge in [-0.3, -0.25) is 9.59 Å². The molecule has 0 fully saturated rings. The zero-order valence-electron chi connectivity index (χ0n) is 7.36. The summed E-state index contributed by atoms with van der Waals surface area (Å²) in [5, 5.41) is 8.53. The largest absolute Gasteiger partial charge is 0.480 e. The van der Waals surface area contributed by atoms with E-state index in [1.807, 2.05) is 0 Å². The van der Waals surface area contributed by atoms with Crippen molar-refractivity contribution in [2.45, 2.75) is 0 Å². The predicted octanol–water partition coefficient (Wildman–Crippen LogP) is 1.09. The number of hydrogen-bond donors (Lipinski definition) is 1. The van der Waals surface area contributed by atoms with Crippen LogP contribution in [0.1, 0.15) is 10.6 Å². The van der Waals surface area contributed by atoms with Crippen molar-refractivity contribution in [2.75, 3.05) is 13.6 Å². The van der Waals surface area contributed by atoms with Crippen LogP contribution < -0.4 is 0 Å². The van der Waals surface area contributed by atoms with E-state index in [2.05, 4.69) is 0 Å². The molecule has 0 aliphatic heterocycles. The molecule has 0 saturated carbocycles. The molecule has 76 valence electrons. The van der Waals surface area contributed by atoms with Crippen molar-refractivity contribution in [2.24, 2.45) is 0 Å². The van der Waals surface area contributed by atoms with Gasteiger partial charge in [-0.1, -0.05) is 0 Å². The Morgan fingerprint density at radius 1 is 1.57 bits per heavy atom. The summed E-state index contributed by atoms with van der Waals surface area (Å²) in [7, 11) is 1.37. The van der Waals surface area contributed by atoms with E-state index in [9.17, 15) is 9.59 Å². The average molecular weight is 218 g/mol. The molecule has 1 amide bonds. The minimum atomic E-state index is -1.08. The number of amides is 1. The number of likely N-dealkylation sites (N-methyl/N-ethyl adjacent to an activating group) is 1. The van der Waals surface area contributed by atoms with Gasteiger partial charge < -0.3 is 14.4 Å². The van der Waals surface area contributed by atoms with Crippen LogP contribution in [0.2, 0.25) is 5.22 Å². The van der Waals surface area contributed by atoms with Crippen LogP contribution in [0.5, 0.6) is 0 Å². The number of hydrogen-bond acceptors (Lipinski definition) is 3. The Morgan fingerprint density at radius 3 is 2.64 bits per heavy atom. The Hall–Kier alpha value is -1.49. The second-order valence-corrected chi connectivity index (χ2v) is 3.03. The molecule has 0 aliphatic rings. The number of carbonyl (C=O) groups excluding carboxylic acids is 1. The third kappa shape index (κ3) is 2.50. The van der Waals surface area contributed by atoms with E-state index in [0.717, 1.165) is 4.90 Å². The van der Waals surface area contributed by atoms with Gasteiger partial charge >= 0.3 is 5.97 Å². The number of halogens is 1. The number of carboxylic acids is 1. The molecule has 6 heteroatoms. The molecular formula is C8H8ClNO4. The van der Waals surface area contributed by atoms with Gasteiger partial charge in [-0.05, 0) is 23.7 Å². The summed E-state index contributed by atoms with van der Waals surface area (Å²) < 4.78 is 4.83. The monoisotopic (exact) mass is 217 g/mol. The number of aliphatic carboxylic acids is 1. The minimum Gasteiger partial charge on any atom is -0.480 e. The van der Waals surface area contributed by atoms with Crippen molar-refractivity contribution in [1.29, 1.82) is 0 Å². The summed E-state index contributed by atoms with van der Waals surface area (Å²) in [5.41, 5.74) is 0. The first-order chi connectivity index (χ1) is 6.50. The van der Waals surface area contributed by atoms with Crippen LogP contribution in [0.3, 0.4) is 0 Å². The molecule has 0 unspecified atom stereocenters. The van der Waals surface area contributed by atoms with E-state index in [4.69, 9.17) is 21.1 Å².